The van der Waals surface area contributed by atoms with Crippen molar-refractivity contribution in [1.29, 1.82) is 0 Å². The van der Waals surface area contributed by atoms with Crippen LogP contribution >= 0.6 is 7.82 Å². The number of carbonyl (C=O) groups excluding carboxylic acids is 3. The fraction of sp³-hybridized carbons (Fsp3) is 0.673. The molecule has 3 unspecified atom stereocenters. The first-order valence-electron chi connectivity index (χ1n) is 24.5. The number of unbranched alkanes of at least 4 members (excludes halogenated alkanes) is 13. The van der Waals surface area contributed by atoms with Crippen LogP contribution in [0.5, 0.6) is 0 Å². The van der Waals surface area contributed by atoms with Gasteiger partial charge in [0.1, 0.15) is 12.7 Å². The van der Waals surface area contributed by atoms with E-state index in [-0.39, 0.29) is 25.9 Å². The summed E-state index contributed by atoms with van der Waals surface area (Å²) in [5.74, 6) is -1.56. The van der Waals surface area contributed by atoms with Crippen molar-refractivity contribution in [3.8, 4) is 0 Å². The molecule has 0 aliphatic heterocycles. The van der Waals surface area contributed by atoms with Gasteiger partial charge in [-0.1, -0.05) is 151 Å². The van der Waals surface area contributed by atoms with Gasteiger partial charge in [-0.15, -0.1) is 0 Å². The second kappa shape index (κ2) is 46.2. The average molecular weight is 919 g/mol. The Morgan fingerprint density at radius 2 is 0.812 bits per heavy atom. The van der Waals surface area contributed by atoms with Crippen molar-refractivity contribution < 1.29 is 52.2 Å². The molecule has 0 aromatic rings. The molecule has 12 heteroatoms. The molecule has 0 saturated heterocycles. The predicted molar refractivity (Wildman–Crippen MR) is 261 cm³/mol. The molecule has 2 N–H and O–H groups in total. The number of carbonyl (C=O) groups is 3. The normalized spacial score (nSPS) is 14.3. The van der Waals surface area contributed by atoms with Crippen molar-refractivity contribution in [2.75, 3.05) is 26.4 Å². The topological polar surface area (TPSA) is 155 Å². The van der Waals surface area contributed by atoms with Gasteiger partial charge in [-0.05, 0) is 103 Å². The summed E-state index contributed by atoms with van der Waals surface area (Å²) in [7, 11) is -4.76. The van der Waals surface area contributed by atoms with Crippen LogP contribution in [-0.2, 0) is 42.2 Å². The minimum atomic E-state index is -4.76. The number of aliphatic hydroxyl groups excluding tert-OH is 1. The average Bonchev–Trinajstić information content (AvgIpc) is 3.28. The number of hydrogen-bond donors (Lipinski definition) is 2. The Morgan fingerprint density at radius 3 is 1.28 bits per heavy atom. The van der Waals surface area contributed by atoms with Gasteiger partial charge in [-0.25, -0.2) is 4.57 Å². The first kappa shape index (κ1) is 60.7. The summed E-state index contributed by atoms with van der Waals surface area (Å²) in [6.45, 7) is 4.25. The van der Waals surface area contributed by atoms with Gasteiger partial charge in [0.2, 0.25) is 0 Å². The quantitative estimate of drug-likeness (QED) is 0.0197. The van der Waals surface area contributed by atoms with Gasteiger partial charge >= 0.3 is 25.7 Å². The van der Waals surface area contributed by atoms with E-state index in [9.17, 15) is 28.9 Å². The third kappa shape index (κ3) is 43.9. The monoisotopic (exact) mass is 919 g/mol. The van der Waals surface area contributed by atoms with E-state index in [2.05, 4.69) is 106 Å². The third-order valence-electron chi connectivity index (χ3n) is 9.78. The molecule has 3 atom stereocenters. The molecule has 0 aliphatic carbocycles. The predicted octanol–water partition coefficient (Wildman–Crippen LogP) is 13.6. The largest absolute Gasteiger partial charge is 0.472 e. The van der Waals surface area contributed by atoms with Crippen LogP contribution in [-0.4, -0.2) is 66.5 Å². The maximum absolute atomic E-state index is 12.8. The second-order valence-electron chi connectivity index (χ2n) is 15.9. The minimum Gasteiger partial charge on any atom is -0.462 e. The number of hydrogen-bond acceptors (Lipinski definition) is 10. The zero-order chi connectivity index (χ0) is 47.0. The molecular weight excluding hydrogens is 832 g/mol. The maximum atomic E-state index is 12.8. The van der Waals surface area contributed by atoms with Gasteiger partial charge in [-0.2, -0.15) is 0 Å². The van der Waals surface area contributed by atoms with E-state index in [4.69, 9.17) is 23.3 Å². The van der Waals surface area contributed by atoms with Gasteiger partial charge in [0.15, 0.2) is 6.10 Å². The minimum absolute atomic E-state index is 0.122. The number of esters is 3. The van der Waals surface area contributed by atoms with E-state index in [0.29, 0.717) is 19.3 Å². The van der Waals surface area contributed by atoms with Crippen molar-refractivity contribution in [2.24, 2.45) is 0 Å². The molecule has 0 aromatic heterocycles. The SMILES string of the molecule is CC/C=C\C/C=C\C/C=C\CCCCCC(=O)OCC(COP(=O)(O)OCC(CO)OC(=O)CCCCCCC/C=C\CCCC)OC(=O)CCCCC/C=C\C/C=C\C/C=C\CC. The van der Waals surface area contributed by atoms with Crippen LogP contribution in [0.4, 0.5) is 0 Å². The molecule has 0 spiro atoms. The molecule has 64 heavy (non-hydrogen) atoms. The summed E-state index contributed by atoms with van der Waals surface area (Å²) in [5, 5.41) is 9.74. The molecule has 0 amide bonds. The van der Waals surface area contributed by atoms with Crippen LogP contribution in [0.25, 0.3) is 0 Å². The van der Waals surface area contributed by atoms with Gasteiger partial charge in [0.05, 0.1) is 19.8 Å². The molecular formula is C52H87O11P. The summed E-state index contributed by atoms with van der Waals surface area (Å²) >= 11 is 0. The van der Waals surface area contributed by atoms with Crippen molar-refractivity contribution in [2.45, 2.75) is 200 Å². The summed E-state index contributed by atoms with van der Waals surface area (Å²) in [4.78, 5) is 48.1. The van der Waals surface area contributed by atoms with E-state index in [1.165, 1.54) is 12.8 Å². The molecule has 0 heterocycles. The van der Waals surface area contributed by atoms with Crippen LogP contribution < -0.4 is 0 Å². The molecule has 0 aromatic carbocycles. The van der Waals surface area contributed by atoms with E-state index < -0.39 is 57.8 Å². The number of ether oxygens (including phenoxy) is 3. The molecule has 0 fully saturated rings. The van der Waals surface area contributed by atoms with Crippen LogP contribution in [0, 0.1) is 0 Å². The molecule has 0 saturated carbocycles. The Balaban J connectivity index is 4.85. The van der Waals surface area contributed by atoms with Crippen molar-refractivity contribution in [1.82, 2.24) is 0 Å². The van der Waals surface area contributed by atoms with Gasteiger partial charge in [-0.3, -0.25) is 23.4 Å². The molecule has 366 valence electrons. The molecule has 0 rings (SSSR count). The lowest BCUT2D eigenvalue weighted by molar-refractivity contribution is -0.161. The van der Waals surface area contributed by atoms with Crippen molar-refractivity contribution >= 4 is 25.7 Å². The maximum Gasteiger partial charge on any atom is 0.472 e. The number of phosphoric acid groups is 1. The highest BCUT2D eigenvalue weighted by atomic mass is 31.2. The van der Waals surface area contributed by atoms with Gasteiger partial charge in [0.25, 0.3) is 0 Å². The number of rotatable bonds is 44. The van der Waals surface area contributed by atoms with E-state index >= 15 is 0 Å². The summed E-state index contributed by atoms with van der Waals surface area (Å²) in [6.07, 6.45) is 50.0. The Bertz CT molecular complexity index is 1400. The fourth-order valence-corrected chi connectivity index (χ4v) is 6.85. The van der Waals surface area contributed by atoms with Crippen LogP contribution in [0.15, 0.2) is 85.1 Å². The van der Waals surface area contributed by atoms with Crippen molar-refractivity contribution in [3.63, 3.8) is 0 Å². The highest BCUT2D eigenvalue weighted by Crippen LogP contribution is 2.43. The van der Waals surface area contributed by atoms with Crippen LogP contribution in [0.1, 0.15) is 188 Å². The smallest absolute Gasteiger partial charge is 0.462 e. The van der Waals surface area contributed by atoms with E-state index in [1.54, 1.807) is 0 Å². The summed E-state index contributed by atoms with van der Waals surface area (Å²) < 4.78 is 39.2. The standard InChI is InChI=1S/C52H87O11P/c1-4-7-10-13-16-19-22-24-27-29-32-35-38-41-50(54)59-45-49(63-52(56)43-40-37-34-31-28-25-23-20-17-14-11-8-5-2)47-61-64(57,58)60-46-48(44-53)62-51(55)42-39-36-33-30-26-21-18-15-12-9-6-3/h7-8,10-11,15-20,24-25,27-28,48-49,53H,4-6,9,12-14,21-23,26,29-47H2,1-3H3,(H,57,58)/b10-7-,11-8-,18-15-,19-16-,20-17-,27-24-,28-25-. The first-order valence-corrected chi connectivity index (χ1v) is 26.0. The van der Waals surface area contributed by atoms with E-state index in [1.807, 2.05) is 0 Å². The molecule has 11 nitrogen and oxygen atoms in total. The van der Waals surface area contributed by atoms with Crippen LogP contribution in [0.3, 0.4) is 0 Å². The molecule has 0 radical (unpaired) electrons. The Kier molecular flexibility index (Phi) is 43.8. The highest BCUT2D eigenvalue weighted by Gasteiger charge is 2.28. The number of aliphatic hydroxyl groups is 1. The van der Waals surface area contributed by atoms with E-state index in [0.717, 1.165) is 116 Å². The number of allylic oxidation sites excluding steroid dienone is 14. The highest BCUT2D eigenvalue weighted by molar-refractivity contribution is 7.47. The lowest BCUT2D eigenvalue weighted by Crippen LogP contribution is -2.30. The number of phosphoric ester groups is 1. The van der Waals surface area contributed by atoms with Crippen LogP contribution in [0.2, 0.25) is 0 Å². The summed E-state index contributed by atoms with van der Waals surface area (Å²) in [6, 6.07) is 0. The molecule has 0 bridgehead atoms. The fourth-order valence-electron chi connectivity index (χ4n) is 6.07. The lowest BCUT2D eigenvalue weighted by atomic mass is 10.1. The Labute approximate surface area is 388 Å². The van der Waals surface area contributed by atoms with Gasteiger partial charge in [0, 0.05) is 19.3 Å². The Morgan fingerprint density at radius 1 is 0.453 bits per heavy atom. The first-order chi connectivity index (χ1) is 31.2. The molecule has 0 aliphatic rings. The van der Waals surface area contributed by atoms with Crippen molar-refractivity contribution in [3.05, 3.63) is 85.1 Å². The zero-order valence-corrected chi connectivity index (χ0v) is 40.9. The third-order valence-corrected chi connectivity index (χ3v) is 10.7. The second-order valence-corrected chi connectivity index (χ2v) is 17.3. The zero-order valence-electron chi connectivity index (χ0n) is 40.0. The summed E-state index contributed by atoms with van der Waals surface area (Å²) in [5.41, 5.74) is 0. The van der Waals surface area contributed by atoms with Gasteiger partial charge < -0.3 is 24.2 Å². The Hall–Kier alpha value is -3.34. The lowest BCUT2D eigenvalue weighted by Gasteiger charge is -2.21.